The summed E-state index contributed by atoms with van der Waals surface area (Å²) in [5, 5.41) is 0.371. The number of halogens is 2. The van der Waals surface area contributed by atoms with E-state index in [1.54, 1.807) is 42.5 Å². The third-order valence-corrected chi connectivity index (χ3v) is 4.52. The lowest BCUT2D eigenvalue weighted by molar-refractivity contribution is -0.150. The Morgan fingerprint density at radius 2 is 1.79 bits per heavy atom. The predicted octanol–water partition coefficient (Wildman–Crippen LogP) is 3.45. The molecule has 7 nitrogen and oxygen atoms in total. The highest BCUT2D eigenvalue weighted by Crippen LogP contribution is 2.28. The van der Waals surface area contributed by atoms with Crippen LogP contribution in [0, 0.1) is 0 Å². The normalized spacial score (nSPS) is 12.6. The standard InChI is InChI=1S/C20H16F2N4O3/c1-12(18-24-15-8-4-5-9-16(15)26(18)20(21)22)29-17(27)10-25-11-23-14-7-3-2-6-13(14)19(25)28/h2-9,11-12,20H,10H2,1H3. The summed E-state index contributed by atoms with van der Waals surface area (Å²) in [6.07, 6.45) is 0.221. The molecule has 0 amide bonds. The van der Waals surface area contributed by atoms with Crippen LogP contribution < -0.4 is 5.56 Å². The molecule has 1 atom stereocenters. The molecule has 0 aliphatic carbocycles. The number of hydrogen-bond donors (Lipinski definition) is 0. The molecule has 4 aromatic rings. The fourth-order valence-electron chi connectivity index (χ4n) is 3.20. The minimum Gasteiger partial charge on any atom is -0.453 e. The lowest BCUT2D eigenvalue weighted by Gasteiger charge is -2.15. The topological polar surface area (TPSA) is 79.0 Å². The van der Waals surface area contributed by atoms with Gasteiger partial charge in [-0.05, 0) is 31.2 Å². The highest BCUT2D eigenvalue weighted by Gasteiger charge is 2.24. The van der Waals surface area contributed by atoms with Crippen molar-refractivity contribution in [3.05, 3.63) is 71.0 Å². The minimum atomic E-state index is -2.84. The molecule has 0 saturated carbocycles. The molecule has 29 heavy (non-hydrogen) atoms. The van der Waals surface area contributed by atoms with Crippen LogP contribution in [0.2, 0.25) is 0 Å². The smallest absolute Gasteiger partial charge is 0.326 e. The second-order valence-corrected chi connectivity index (χ2v) is 6.43. The molecule has 0 N–H and O–H groups in total. The van der Waals surface area contributed by atoms with Crippen molar-refractivity contribution in [2.24, 2.45) is 0 Å². The van der Waals surface area contributed by atoms with Crippen molar-refractivity contribution in [2.45, 2.75) is 26.1 Å². The van der Waals surface area contributed by atoms with Gasteiger partial charge >= 0.3 is 12.5 Å². The van der Waals surface area contributed by atoms with Gasteiger partial charge in [-0.3, -0.25) is 18.7 Å². The van der Waals surface area contributed by atoms with Crippen LogP contribution in [0.15, 0.2) is 59.7 Å². The van der Waals surface area contributed by atoms with Crippen LogP contribution in [0.5, 0.6) is 0 Å². The zero-order chi connectivity index (χ0) is 20.5. The van der Waals surface area contributed by atoms with E-state index in [2.05, 4.69) is 9.97 Å². The third-order valence-electron chi connectivity index (χ3n) is 4.52. The number of hydrogen-bond acceptors (Lipinski definition) is 5. The molecular formula is C20H16F2N4O3. The van der Waals surface area contributed by atoms with Gasteiger partial charge in [0.05, 0.1) is 28.3 Å². The van der Waals surface area contributed by atoms with Crippen LogP contribution >= 0.6 is 0 Å². The van der Waals surface area contributed by atoms with Crippen molar-refractivity contribution in [2.75, 3.05) is 0 Å². The van der Waals surface area contributed by atoms with Crippen molar-refractivity contribution in [1.82, 2.24) is 19.1 Å². The number of nitrogens with zero attached hydrogens (tertiary/aromatic N) is 4. The van der Waals surface area contributed by atoms with Gasteiger partial charge in [-0.25, -0.2) is 9.97 Å². The van der Waals surface area contributed by atoms with Crippen LogP contribution in [0.1, 0.15) is 25.4 Å². The third kappa shape index (κ3) is 3.46. The lowest BCUT2D eigenvalue weighted by atomic mass is 10.2. The number of rotatable bonds is 5. The van der Waals surface area contributed by atoms with Crippen molar-refractivity contribution < 1.29 is 18.3 Å². The van der Waals surface area contributed by atoms with E-state index in [4.69, 9.17) is 4.74 Å². The molecule has 0 aliphatic heterocycles. The van der Waals surface area contributed by atoms with Gasteiger partial charge in [-0.2, -0.15) is 8.78 Å². The molecule has 0 aliphatic rings. The Bertz CT molecular complexity index is 1270. The van der Waals surface area contributed by atoms with Crippen LogP contribution in [0.4, 0.5) is 8.78 Å². The predicted molar refractivity (Wildman–Crippen MR) is 101 cm³/mol. The highest BCUT2D eigenvalue weighted by atomic mass is 19.3. The van der Waals surface area contributed by atoms with Gasteiger partial charge in [-0.1, -0.05) is 24.3 Å². The number of imidazole rings is 1. The Hall–Kier alpha value is -3.62. The average molecular weight is 398 g/mol. The summed E-state index contributed by atoms with van der Waals surface area (Å²) in [7, 11) is 0. The molecule has 9 heteroatoms. The highest BCUT2D eigenvalue weighted by molar-refractivity contribution is 5.78. The first-order chi connectivity index (χ1) is 14.0. The Morgan fingerprint density at radius 3 is 2.55 bits per heavy atom. The van der Waals surface area contributed by atoms with Gasteiger partial charge in [0.1, 0.15) is 6.54 Å². The summed E-state index contributed by atoms with van der Waals surface area (Å²) in [5.41, 5.74) is 0.747. The lowest BCUT2D eigenvalue weighted by Crippen LogP contribution is -2.26. The molecule has 148 valence electrons. The maximum atomic E-state index is 13.6. The Labute approximate surface area is 163 Å². The number of aromatic nitrogens is 4. The van der Waals surface area contributed by atoms with Gasteiger partial charge in [0.15, 0.2) is 11.9 Å². The van der Waals surface area contributed by atoms with E-state index >= 15 is 0 Å². The van der Waals surface area contributed by atoms with Gasteiger partial charge in [0.25, 0.3) is 5.56 Å². The number of para-hydroxylation sites is 3. The molecular weight excluding hydrogens is 382 g/mol. The summed E-state index contributed by atoms with van der Waals surface area (Å²) in [5.74, 6) is -0.830. The molecule has 0 spiro atoms. The van der Waals surface area contributed by atoms with E-state index in [-0.39, 0.29) is 16.9 Å². The maximum absolute atomic E-state index is 13.6. The van der Waals surface area contributed by atoms with Crippen LogP contribution in [0.25, 0.3) is 21.9 Å². The number of esters is 1. The number of ether oxygens (including phenoxy) is 1. The molecule has 4 rings (SSSR count). The molecule has 1 unspecified atom stereocenters. The minimum absolute atomic E-state index is 0.0708. The summed E-state index contributed by atoms with van der Waals surface area (Å²) in [4.78, 5) is 33.1. The first-order valence-corrected chi connectivity index (χ1v) is 8.84. The Kier molecular flexibility index (Phi) is 4.79. The molecule has 2 aromatic heterocycles. The summed E-state index contributed by atoms with van der Waals surface area (Å²) < 4.78 is 34.3. The van der Waals surface area contributed by atoms with Crippen molar-refractivity contribution in [3.63, 3.8) is 0 Å². The van der Waals surface area contributed by atoms with Gasteiger partial charge in [0, 0.05) is 0 Å². The van der Waals surface area contributed by atoms with E-state index in [1.807, 2.05) is 0 Å². The van der Waals surface area contributed by atoms with E-state index in [0.29, 0.717) is 16.4 Å². The number of alkyl halides is 2. The Morgan fingerprint density at radius 1 is 1.10 bits per heavy atom. The molecule has 2 heterocycles. The fourth-order valence-corrected chi connectivity index (χ4v) is 3.20. The molecule has 0 bridgehead atoms. The first kappa shape index (κ1) is 18.7. The van der Waals surface area contributed by atoms with Crippen molar-refractivity contribution in [3.8, 4) is 0 Å². The first-order valence-electron chi connectivity index (χ1n) is 8.84. The zero-order valence-corrected chi connectivity index (χ0v) is 15.3. The SMILES string of the molecule is CC(OC(=O)Cn1cnc2ccccc2c1=O)c1nc2ccccc2n1C(F)F. The number of carbonyl (C=O) groups is 1. The zero-order valence-electron chi connectivity index (χ0n) is 15.3. The van der Waals surface area contributed by atoms with E-state index < -0.39 is 25.2 Å². The second kappa shape index (κ2) is 7.42. The number of fused-ring (bicyclic) bond motifs is 2. The van der Waals surface area contributed by atoms with E-state index in [0.717, 1.165) is 9.13 Å². The summed E-state index contributed by atoms with van der Waals surface area (Å²) in [6, 6.07) is 13.2. The van der Waals surface area contributed by atoms with Gasteiger partial charge in [0.2, 0.25) is 0 Å². The summed E-state index contributed by atoms with van der Waals surface area (Å²) >= 11 is 0. The summed E-state index contributed by atoms with van der Waals surface area (Å²) in [6.45, 7) is -1.78. The van der Waals surface area contributed by atoms with Crippen LogP contribution in [-0.4, -0.2) is 25.1 Å². The maximum Gasteiger partial charge on any atom is 0.326 e. The monoisotopic (exact) mass is 398 g/mol. The number of benzene rings is 2. The van der Waals surface area contributed by atoms with E-state index in [1.165, 1.54) is 19.3 Å². The van der Waals surface area contributed by atoms with Gasteiger partial charge in [-0.15, -0.1) is 0 Å². The van der Waals surface area contributed by atoms with Crippen molar-refractivity contribution >= 4 is 27.9 Å². The second-order valence-electron chi connectivity index (χ2n) is 6.43. The molecule has 0 radical (unpaired) electrons. The average Bonchev–Trinajstić information content (AvgIpc) is 3.10. The van der Waals surface area contributed by atoms with Gasteiger partial charge < -0.3 is 4.74 Å². The molecule has 2 aromatic carbocycles. The number of carbonyl (C=O) groups excluding carboxylic acids is 1. The fraction of sp³-hybridized carbons (Fsp3) is 0.200. The quantitative estimate of drug-likeness (QED) is 0.481. The van der Waals surface area contributed by atoms with Crippen LogP contribution in [0.3, 0.4) is 0 Å². The van der Waals surface area contributed by atoms with Crippen molar-refractivity contribution in [1.29, 1.82) is 0 Å². The van der Waals surface area contributed by atoms with E-state index in [9.17, 15) is 18.4 Å². The molecule has 0 fully saturated rings. The van der Waals surface area contributed by atoms with Crippen LogP contribution in [-0.2, 0) is 16.1 Å². The molecule has 0 saturated heterocycles. The Balaban J connectivity index is 1.58. The largest absolute Gasteiger partial charge is 0.453 e.